The minimum Gasteiger partial charge on any atom is -0.310 e. The maximum atomic E-state index is 2.52. The standard InChI is InChI=1S/C56H46N2/c1-55(2)46-19-9-13-23-53(46)57(54-24-14-10-20-47(54)55)41-31-33-44-43-32-26-37(35-48(43)56(3,4)49(44)36-41)25-27-38-30-34-52(45-18-8-7-17-42(38)45)58-50-21-11-5-15-39(50)28-29-40-16-6-12-22-51(40)58/h5-9,11-19,21-36H,10,20H2,1-4H3/b27-25+. The molecule has 2 nitrogen and oxygen atoms in total. The van der Waals surface area contributed by atoms with Gasteiger partial charge in [0.25, 0.3) is 0 Å². The van der Waals surface area contributed by atoms with E-state index in [1.165, 1.54) is 101 Å². The first kappa shape index (κ1) is 34.6. The van der Waals surface area contributed by atoms with Crippen molar-refractivity contribution in [3.8, 4) is 11.1 Å². The van der Waals surface area contributed by atoms with Crippen molar-refractivity contribution < 1.29 is 0 Å². The maximum Gasteiger partial charge on any atom is 0.0540 e. The highest BCUT2D eigenvalue weighted by atomic mass is 15.2. The molecule has 11 rings (SSSR count). The highest BCUT2D eigenvalue weighted by Gasteiger charge is 2.40. The summed E-state index contributed by atoms with van der Waals surface area (Å²) < 4.78 is 0. The van der Waals surface area contributed by atoms with Crippen LogP contribution in [0.1, 0.15) is 79.5 Å². The Kier molecular flexibility index (Phi) is 7.72. The lowest BCUT2D eigenvalue weighted by atomic mass is 9.70. The van der Waals surface area contributed by atoms with Crippen molar-refractivity contribution in [2.75, 3.05) is 9.80 Å². The number of hydrogen-bond acceptors (Lipinski definition) is 2. The molecule has 0 spiro atoms. The van der Waals surface area contributed by atoms with Gasteiger partial charge < -0.3 is 9.80 Å². The minimum absolute atomic E-state index is 0.000585. The van der Waals surface area contributed by atoms with Gasteiger partial charge in [-0.05, 0) is 116 Å². The van der Waals surface area contributed by atoms with Gasteiger partial charge in [0.2, 0.25) is 0 Å². The monoisotopic (exact) mass is 746 g/mol. The fraction of sp³-hybridized carbons (Fsp3) is 0.143. The molecule has 280 valence electrons. The third-order valence-corrected chi connectivity index (χ3v) is 13.3. The molecule has 0 saturated heterocycles. The van der Waals surface area contributed by atoms with Crippen molar-refractivity contribution >= 4 is 63.5 Å². The molecule has 2 heterocycles. The molecule has 0 saturated carbocycles. The summed E-state index contributed by atoms with van der Waals surface area (Å²) in [5.74, 6) is 0. The Morgan fingerprint density at radius 1 is 0.483 bits per heavy atom. The largest absolute Gasteiger partial charge is 0.310 e. The fourth-order valence-electron chi connectivity index (χ4n) is 10.3. The number of benzene rings is 7. The molecule has 7 aromatic rings. The first-order chi connectivity index (χ1) is 28.3. The van der Waals surface area contributed by atoms with E-state index in [1.807, 2.05) is 0 Å². The van der Waals surface area contributed by atoms with E-state index in [0.29, 0.717) is 0 Å². The van der Waals surface area contributed by atoms with Crippen LogP contribution in [0.3, 0.4) is 0 Å². The first-order valence-corrected chi connectivity index (χ1v) is 20.7. The summed E-state index contributed by atoms with van der Waals surface area (Å²) in [7, 11) is 0. The Labute approximate surface area is 342 Å². The molecule has 0 bridgehead atoms. The van der Waals surface area contributed by atoms with Crippen molar-refractivity contribution in [2.45, 2.75) is 51.4 Å². The van der Waals surface area contributed by atoms with Crippen molar-refractivity contribution in [1.82, 2.24) is 0 Å². The van der Waals surface area contributed by atoms with Gasteiger partial charge >= 0.3 is 0 Å². The highest BCUT2D eigenvalue weighted by Crippen LogP contribution is 2.54. The quantitative estimate of drug-likeness (QED) is 0.166. The van der Waals surface area contributed by atoms with E-state index in [0.717, 1.165) is 12.8 Å². The van der Waals surface area contributed by atoms with Gasteiger partial charge in [-0.3, -0.25) is 0 Å². The van der Waals surface area contributed by atoms with Crippen LogP contribution < -0.4 is 9.80 Å². The average molecular weight is 747 g/mol. The van der Waals surface area contributed by atoms with Crippen LogP contribution in [0.2, 0.25) is 0 Å². The number of allylic oxidation sites excluding steroid dienone is 3. The zero-order valence-corrected chi connectivity index (χ0v) is 33.6. The molecule has 0 atom stereocenters. The van der Waals surface area contributed by atoms with Crippen molar-refractivity contribution in [3.63, 3.8) is 0 Å². The number of para-hydroxylation sites is 3. The smallest absolute Gasteiger partial charge is 0.0540 e. The lowest BCUT2D eigenvalue weighted by Gasteiger charge is -2.44. The summed E-state index contributed by atoms with van der Waals surface area (Å²) in [6.45, 7) is 9.59. The van der Waals surface area contributed by atoms with E-state index >= 15 is 0 Å². The molecule has 58 heavy (non-hydrogen) atoms. The molecule has 4 aliphatic rings. The van der Waals surface area contributed by atoms with Gasteiger partial charge in [0.05, 0.1) is 22.7 Å². The lowest BCUT2D eigenvalue weighted by molar-refractivity contribution is 0.570. The number of rotatable bonds is 4. The molecule has 0 fully saturated rings. The molecule has 0 aromatic heterocycles. The topological polar surface area (TPSA) is 6.48 Å². The Morgan fingerprint density at radius 3 is 1.88 bits per heavy atom. The Bertz CT molecular complexity index is 2920. The average Bonchev–Trinajstić information content (AvgIpc) is 3.36. The molecule has 0 radical (unpaired) electrons. The SMILES string of the molecule is CC1(C)C2=C(C=CCC2)N(c2ccc3c(c2)C(C)(C)c2cc(/C=C/c4ccc(N5c6ccccc6C=Cc6ccccc65)c5ccccc45)ccc2-3)c2ccccc21. The van der Waals surface area contributed by atoms with Gasteiger partial charge in [-0.1, -0.05) is 167 Å². The van der Waals surface area contributed by atoms with Crippen LogP contribution in [0.5, 0.6) is 0 Å². The maximum absolute atomic E-state index is 2.52. The third-order valence-electron chi connectivity index (χ3n) is 13.3. The zero-order chi connectivity index (χ0) is 39.2. The number of fused-ring (bicyclic) bond motifs is 7. The van der Waals surface area contributed by atoms with Crippen molar-refractivity contribution in [1.29, 1.82) is 0 Å². The molecule has 2 aliphatic heterocycles. The summed E-state index contributed by atoms with van der Waals surface area (Å²) in [6, 6.07) is 54.0. The molecule has 7 aromatic carbocycles. The minimum atomic E-state index is -0.151. The Hall–Kier alpha value is -6.64. The van der Waals surface area contributed by atoms with Gasteiger partial charge in [0, 0.05) is 27.6 Å². The van der Waals surface area contributed by atoms with Crippen LogP contribution in [0.4, 0.5) is 28.4 Å². The van der Waals surface area contributed by atoms with Gasteiger partial charge in [-0.25, -0.2) is 0 Å². The van der Waals surface area contributed by atoms with Crippen molar-refractivity contribution in [2.24, 2.45) is 0 Å². The van der Waals surface area contributed by atoms with E-state index in [9.17, 15) is 0 Å². The van der Waals surface area contributed by atoms with Crippen LogP contribution in [-0.2, 0) is 10.8 Å². The van der Waals surface area contributed by atoms with E-state index < -0.39 is 0 Å². The van der Waals surface area contributed by atoms with Gasteiger partial charge in [-0.15, -0.1) is 0 Å². The van der Waals surface area contributed by atoms with Crippen molar-refractivity contribution in [3.05, 3.63) is 208 Å². The van der Waals surface area contributed by atoms with E-state index in [1.54, 1.807) is 0 Å². The number of nitrogens with zero attached hydrogens (tertiary/aromatic N) is 2. The molecule has 2 aliphatic carbocycles. The second-order valence-electron chi connectivity index (χ2n) is 17.3. The molecule has 0 unspecified atom stereocenters. The first-order valence-electron chi connectivity index (χ1n) is 20.7. The molecular formula is C56H46N2. The second-order valence-corrected chi connectivity index (χ2v) is 17.3. The third kappa shape index (κ3) is 5.17. The lowest BCUT2D eigenvalue weighted by Crippen LogP contribution is -2.34. The van der Waals surface area contributed by atoms with Crippen LogP contribution in [-0.4, -0.2) is 0 Å². The Balaban J connectivity index is 0.952. The molecule has 0 amide bonds. The summed E-state index contributed by atoms with van der Waals surface area (Å²) in [4.78, 5) is 4.95. The summed E-state index contributed by atoms with van der Waals surface area (Å²) in [6.07, 6.45) is 16.0. The van der Waals surface area contributed by atoms with E-state index in [2.05, 4.69) is 220 Å². The predicted molar refractivity (Wildman–Crippen MR) is 247 cm³/mol. The summed E-state index contributed by atoms with van der Waals surface area (Å²) in [5.41, 5.74) is 20.5. The molecular weight excluding hydrogens is 701 g/mol. The van der Waals surface area contributed by atoms with Gasteiger partial charge in [-0.2, -0.15) is 0 Å². The van der Waals surface area contributed by atoms with Crippen LogP contribution in [0, 0.1) is 0 Å². The second kappa shape index (κ2) is 12.9. The number of hydrogen-bond donors (Lipinski definition) is 0. The normalized spacial score (nSPS) is 16.8. The Morgan fingerprint density at radius 2 is 1.12 bits per heavy atom. The van der Waals surface area contributed by atoms with E-state index in [-0.39, 0.29) is 10.8 Å². The molecule has 2 heteroatoms. The summed E-state index contributed by atoms with van der Waals surface area (Å²) >= 11 is 0. The summed E-state index contributed by atoms with van der Waals surface area (Å²) in [5, 5.41) is 2.46. The van der Waals surface area contributed by atoms with Gasteiger partial charge in [0.15, 0.2) is 0 Å². The predicted octanol–water partition coefficient (Wildman–Crippen LogP) is 15.3. The molecule has 0 N–H and O–H groups in total. The highest BCUT2D eigenvalue weighted by molar-refractivity contribution is 6.06. The van der Waals surface area contributed by atoms with Gasteiger partial charge in [0.1, 0.15) is 0 Å². The van der Waals surface area contributed by atoms with Crippen LogP contribution in [0.15, 0.2) is 169 Å². The van der Waals surface area contributed by atoms with E-state index in [4.69, 9.17) is 0 Å². The van der Waals surface area contributed by atoms with Crippen LogP contribution in [0.25, 0.3) is 46.2 Å². The number of anilines is 5. The van der Waals surface area contributed by atoms with Crippen LogP contribution >= 0.6 is 0 Å². The fourth-order valence-corrected chi connectivity index (χ4v) is 10.3. The zero-order valence-electron chi connectivity index (χ0n) is 33.6.